The van der Waals surface area contributed by atoms with Crippen molar-refractivity contribution in [3.8, 4) is 0 Å². The van der Waals surface area contributed by atoms with Gasteiger partial charge in [-0.15, -0.1) is 0 Å². The highest BCUT2D eigenvalue weighted by Gasteiger charge is 2.24. The predicted octanol–water partition coefficient (Wildman–Crippen LogP) is 2.01. The second-order valence-electron chi connectivity index (χ2n) is 5.55. The standard InChI is InChI=1S/C14H23ClN4O/c1-3-8-19-14(20)13(15)12(9-17-19)18(2)11-6-4-10(16)5-7-11/h9-11H,3-8,16H2,1-2H3. The molecule has 1 fully saturated rings. The Bertz CT molecular complexity index is 508. The Hall–Kier alpha value is -1.07. The van der Waals surface area contributed by atoms with Crippen LogP contribution in [-0.2, 0) is 6.54 Å². The van der Waals surface area contributed by atoms with E-state index in [-0.39, 0.29) is 10.6 Å². The molecular formula is C14H23ClN4O. The van der Waals surface area contributed by atoms with Gasteiger partial charge in [0.2, 0.25) is 0 Å². The average molecular weight is 299 g/mol. The quantitative estimate of drug-likeness (QED) is 0.923. The molecule has 0 aromatic carbocycles. The first-order chi connectivity index (χ1) is 9.54. The zero-order valence-electron chi connectivity index (χ0n) is 12.2. The van der Waals surface area contributed by atoms with Gasteiger partial charge in [0, 0.05) is 25.7 Å². The van der Waals surface area contributed by atoms with Crippen molar-refractivity contribution in [2.24, 2.45) is 5.73 Å². The minimum absolute atomic E-state index is 0.203. The van der Waals surface area contributed by atoms with Crippen molar-refractivity contribution in [2.45, 2.75) is 57.7 Å². The van der Waals surface area contributed by atoms with Gasteiger partial charge in [-0.3, -0.25) is 4.79 Å². The Balaban J connectivity index is 2.20. The number of hydrogen-bond acceptors (Lipinski definition) is 4. The van der Waals surface area contributed by atoms with E-state index in [1.54, 1.807) is 6.20 Å². The Morgan fingerprint density at radius 1 is 1.45 bits per heavy atom. The van der Waals surface area contributed by atoms with E-state index in [0.717, 1.165) is 37.8 Å². The molecule has 1 heterocycles. The molecule has 0 spiro atoms. The van der Waals surface area contributed by atoms with Crippen LogP contribution in [0.4, 0.5) is 5.69 Å². The van der Waals surface area contributed by atoms with Crippen LogP contribution in [0.15, 0.2) is 11.0 Å². The molecule has 1 aliphatic carbocycles. The number of aromatic nitrogens is 2. The molecule has 0 bridgehead atoms. The topological polar surface area (TPSA) is 64.2 Å². The van der Waals surface area contributed by atoms with Gasteiger partial charge < -0.3 is 10.6 Å². The van der Waals surface area contributed by atoms with Crippen LogP contribution in [0.2, 0.25) is 5.02 Å². The van der Waals surface area contributed by atoms with E-state index in [1.807, 2.05) is 14.0 Å². The predicted molar refractivity (Wildman–Crippen MR) is 82.4 cm³/mol. The monoisotopic (exact) mass is 298 g/mol. The molecule has 1 aromatic heterocycles. The van der Waals surface area contributed by atoms with E-state index >= 15 is 0 Å². The third kappa shape index (κ3) is 3.15. The first-order valence-electron chi connectivity index (χ1n) is 7.28. The molecule has 1 aromatic rings. The van der Waals surface area contributed by atoms with Crippen LogP contribution in [0.5, 0.6) is 0 Å². The number of aryl methyl sites for hydroxylation is 1. The SMILES string of the molecule is CCCn1ncc(N(C)C2CCC(N)CC2)c(Cl)c1=O. The second-order valence-corrected chi connectivity index (χ2v) is 5.93. The molecule has 1 saturated carbocycles. The van der Waals surface area contributed by atoms with E-state index in [4.69, 9.17) is 17.3 Å². The smallest absolute Gasteiger partial charge is 0.287 e. The minimum atomic E-state index is -0.203. The van der Waals surface area contributed by atoms with Crippen molar-refractivity contribution in [1.29, 1.82) is 0 Å². The van der Waals surface area contributed by atoms with E-state index < -0.39 is 0 Å². The third-order valence-electron chi connectivity index (χ3n) is 4.07. The first-order valence-corrected chi connectivity index (χ1v) is 7.66. The fourth-order valence-electron chi connectivity index (χ4n) is 2.76. The molecule has 5 nitrogen and oxygen atoms in total. The Kier molecular flexibility index (Phi) is 5.05. The van der Waals surface area contributed by atoms with Gasteiger partial charge in [0.15, 0.2) is 0 Å². The molecule has 0 atom stereocenters. The molecule has 112 valence electrons. The van der Waals surface area contributed by atoms with E-state index in [0.29, 0.717) is 18.6 Å². The van der Waals surface area contributed by atoms with Crippen LogP contribution in [0, 0.1) is 0 Å². The van der Waals surface area contributed by atoms with Gasteiger partial charge in [-0.2, -0.15) is 5.10 Å². The molecule has 2 rings (SSSR count). The van der Waals surface area contributed by atoms with Crippen LogP contribution in [0.25, 0.3) is 0 Å². The van der Waals surface area contributed by atoms with Crippen molar-refractivity contribution in [1.82, 2.24) is 9.78 Å². The molecule has 0 unspecified atom stereocenters. The maximum atomic E-state index is 12.1. The Morgan fingerprint density at radius 2 is 2.10 bits per heavy atom. The molecule has 0 saturated heterocycles. The van der Waals surface area contributed by atoms with Crippen LogP contribution in [0.3, 0.4) is 0 Å². The fraction of sp³-hybridized carbons (Fsp3) is 0.714. The minimum Gasteiger partial charge on any atom is -0.369 e. The van der Waals surface area contributed by atoms with Gasteiger partial charge in [0.25, 0.3) is 5.56 Å². The summed E-state index contributed by atoms with van der Waals surface area (Å²) in [6.07, 6.45) is 6.67. The van der Waals surface area contributed by atoms with Crippen LogP contribution in [0.1, 0.15) is 39.0 Å². The first kappa shape index (κ1) is 15.3. The summed E-state index contributed by atoms with van der Waals surface area (Å²) in [6.45, 7) is 2.61. The van der Waals surface area contributed by atoms with Gasteiger partial charge in [-0.25, -0.2) is 4.68 Å². The van der Waals surface area contributed by atoms with Gasteiger partial charge >= 0.3 is 0 Å². The lowest BCUT2D eigenvalue weighted by molar-refractivity contribution is 0.384. The number of halogens is 1. The molecule has 1 aliphatic rings. The summed E-state index contributed by atoms with van der Waals surface area (Å²) in [5, 5.41) is 4.48. The van der Waals surface area contributed by atoms with Crippen LogP contribution < -0.4 is 16.2 Å². The van der Waals surface area contributed by atoms with Gasteiger partial charge in [-0.1, -0.05) is 18.5 Å². The second kappa shape index (κ2) is 6.59. The lowest BCUT2D eigenvalue weighted by atomic mass is 9.91. The summed E-state index contributed by atoms with van der Waals surface area (Å²) in [5.41, 5.74) is 6.46. The van der Waals surface area contributed by atoms with Crippen molar-refractivity contribution in [3.05, 3.63) is 21.6 Å². The summed E-state index contributed by atoms with van der Waals surface area (Å²) < 4.78 is 1.43. The summed E-state index contributed by atoms with van der Waals surface area (Å²) >= 11 is 6.24. The van der Waals surface area contributed by atoms with Crippen molar-refractivity contribution >= 4 is 17.3 Å². The zero-order valence-corrected chi connectivity index (χ0v) is 12.9. The number of anilines is 1. The maximum Gasteiger partial charge on any atom is 0.287 e. The highest BCUT2D eigenvalue weighted by Crippen LogP contribution is 2.28. The summed E-state index contributed by atoms with van der Waals surface area (Å²) in [4.78, 5) is 14.2. The Morgan fingerprint density at radius 3 is 2.70 bits per heavy atom. The van der Waals surface area contributed by atoms with Crippen LogP contribution >= 0.6 is 11.6 Å². The largest absolute Gasteiger partial charge is 0.369 e. The molecule has 2 N–H and O–H groups in total. The maximum absolute atomic E-state index is 12.1. The average Bonchev–Trinajstić information content (AvgIpc) is 2.44. The lowest BCUT2D eigenvalue weighted by Gasteiger charge is -2.35. The third-order valence-corrected chi connectivity index (χ3v) is 4.43. The fourth-order valence-corrected chi connectivity index (χ4v) is 3.04. The highest BCUT2D eigenvalue weighted by atomic mass is 35.5. The number of nitrogens with zero attached hydrogens (tertiary/aromatic N) is 3. The molecule has 6 heteroatoms. The van der Waals surface area contributed by atoms with Gasteiger partial charge in [-0.05, 0) is 32.1 Å². The Labute approximate surface area is 124 Å². The van der Waals surface area contributed by atoms with Crippen molar-refractivity contribution < 1.29 is 0 Å². The van der Waals surface area contributed by atoms with E-state index in [1.165, 1.54) is 4.68 Å². The zero-order chi connectivity index (χ0) is 14.7. The number of hydrogen-bond donors (Lipinski definition) is 1. The number of nitrogens with two attached hydrogens (primary N) is 1. The molecule has 0 radical (unpaired) electrons. The lowest BCUT2D eigenvalue weighted by Crippen LogP contribution is -2.39. The van der Waals surface area contributed by atoms with Gasteiger partial charge in [0.05, 0.1) is 11.9 Å². The van der Waals surface area contributed by atoms with E-state index in [9.17, 15) is 4.79 Å². The normalized spacial score (nSPS) is 22.8. The summed E-state index contributed by atoms with van der Waals surface area (Å²) in [7, 11) is 1.98. The summed E-state index contributed by atoms with van der Waals surface area (Å²) in [6, 6.07) is 0.696. The molecule has 20 heavy (non-hydrogen) atoms. The van der Waals surface area contributed by atoms with Crippen molar-refractivity contribution in [2.75, 3.05) is 11.9 Å². The van der Waals surface area contributed by atoms with Crippen LogP contribution in [-0.4, -0.2) is 28.9 Å². The van der Waals surface area contributed by atoms with E-state index in [2.05, 4.69) is 10.00 Å². The van der Waals surface area contributed by atoms with Gasteiger partial charge in [0.1, 0.15) is 5.02 Å². The van der Waals surface area contributed by atoms with Crippen molar-refractivity contribution in [3.63, 3.8) is 0 Å². The molecule has 0 aliphatic heterocycles. The molecular weight excluding hydrogens is 276 g/mol. The highest BCUT2D eigenvalue weighted by molar-refractivity contribution is 6.33. The molecule has 0 amide bonds. The number of rotatable bonds is 4. The summed E-state index contributed by atoms with van der Waals surface area (Å²) in [5.74, 6) is 0.